The number of methoxy groups -OCH3 is 1. The van der Waals surface area contributed by atoms with Crippen LogP contribution < -0.4 is 11.5 Å². The van der Waals surface area contributed by atoms with E-state index in [1.807, 2.05) is 31.2 Å². The van der Waals surface area contributed by atoms with Crippen LogP contribution in [0.3, 0.4) is 0 Å². The number of hydrogen-bond donors (Lipinski definition) is 2. The van der Waals surface area contributed by atoms with Crippen molar-refractivity contribution in [2.24, 2.45) is 11.8 Å². The van der Waals surface area contributed by atoms with E-state index < -0.39 is 11.8 Å². The third kappa shape index (κ3) is 4.29. The summed E-state index contributed by atoms with van der Waals surface area (Å²) in [5.41, 5.74) is 15.9. The molecule has 2 saturated carbocycles. The van der Waals surface area contributed by atoms with Gasteiger partial charge in [-0.1, -0.05) is 54.1 Å². The molecule has 3 aromatic carbocycles. The first-order valence-electron chi connectivity index (χ1n) is 14.0. The lowest BCUT2D eigenvalue weighted by atomic mass is 9.69. The van der Waals surface area contributed by atoms with E-state index in [-0.39, 0.29) is 45.5 Å². The number of nitrogens with two attached hydrogens (primary N) is 2. The van der Waals surface area contributed by atoms with E-state index in [4.69, 9.17) is 20.9 Å². The fourth-order valence-corrected chi connectivity index (χ4v) is 6.98. The van der Waals surface area contributed by atoms with Crippen LogP contribution in [0, 0.1) is 18.8 Å². The molecule has 0 aromatic heterocycles. The summed E-state index contributed by atoms with van der Waals surface area (Å²) in [6, 6.07) is 14.1. The molecule has 2 fully saturated rings. The molecule has 0 amide bonds. The summed E-state index contributed by atoms with van der Waals surface area (Å²) in [6.45, 7) is 1.95. The monoisotopic (exact) mass is 538 g/mol. The zero-order valence-corrected chi connectivity index (χ0v) is 22.9. The topological polar surface area (TPSA) is 122 Å². The first-order chi connectivity index (χ1) is 19.3. The van der Waals surface area contributed by atoms with E-state index >= 15 is 0 Å². The Morgan fingerprint density at radius 3 is 1.93 bits per heavy atom. The molecule has 3 aliphatic rings. The standard InChI is InChI=1S/C33H34N2O5/c1-17-7-9-18(10-8-17)25-26-27(32(37)24-6-4-3-5-23(24)31(26)36)30(35)28(29(25)34)33(38)40-22-14-12-19-15-21(39-2)13-11-20(19)16-22/h3-10,19-22H,11-16,34-35H2,1-2H3. The Morgan fingerprint density at radius 2 is 1.30 bits per heavy atom. The molecule has 40 heavy (non-hydrogen) atoms. The van der Waals surface area contributed by atoms with Crippen LogP contribution in [0.25, 0.3) is 11.1 Å². The summed E-state index contributed by atoms with van der Waals surface area (Å²) < 4.78 is 11.6. The van der Waals surface area contributed by atoms with E-state index in [0.29, 0.717) is 34.6 Å². The van der Waals surface area contributed by atoms with Gasteiger partial charge in [0.1, 0.15) is 11.7 Å². The number of carbonyl (C=O) groups is 3. The summed E-state index contributed by atoms with van der Waals surface area (Å²) in [6.07, 6.45) is 5.66. The minimum atomic E-state index is -0.653. The second-order valence-electron chi connectivity index (χ2n) is 11.4. The fraction of sp³-hybridized carbons (Fsp3) is 0.364. The van der Waals surface area contributed by atoms with Crippen LogP contribution in [-0.2, 0) is 9.47 Å². The van der Waals surface area contributed by atoms with Crippen molar-refractivity contribution in [2.75, 3.05) is 18.6 Å². The quantitative estimate of drug-likeness (QED) is 0.251. The van der Waals surface area contributed by atoms with Crippen molar-refractivity contribution in [1.29, 1.82) is 0 Å². The summed E-state index contributed by atoms with van der Waals surface area (Å²) >= 11 is 0. The van der Waals surface area contributed by atoms with Crippen molar-refractivity contribution in [1.82, 2.24) is 0 Å². The van der Waals surface area contributed by atoms with Crippen LogP contribution in [0.2, 0.25) is 0 Å². The smallest absolute Gasteiger partial charge is 0.342 e. The van der Waals surface area contributed by atoms with Crippen LogP contribution in [0.15, 0.2) is 48.5 Å². The number of hydrogen-bond acceptors (Lipinski definition) is 7. The van der Waals surface area contributed by atoms with E-state index in [1.165, 1.54) is 0 Å². The maximum Gasteiger partial charge on any atom is 0.342 e. The Kier molecular flexibility index (Phi) is 6.70. The van der Waals surface area contributed by atoms with Crippen molar-refractivity contribution in [2.45, 2.75) is 57.7 Å². The van der Waals surface area contributed by atoms with Crippen molar-refractivity contribution in [3.63, 3.8) is 0 Å². The lowest BCUT2D eigenvalue weighted by Gasteiger charge is -2.41. The van der Waals surface area contributed by atoms with Crippen molar-refractivity contribution in [3.05, 3.63) is 81.9 Å². The maximum atomic E-state index is 13.8. The summed E-state index contributed by atoms with van der Waals surface area (Å²) in [7, 11) is 1.77. The van der Waals surface area contributed by atoms with Gasteiger partial charge in [-0.2, -0.15) is 0 Å². The summed E-state index contributed by atoms with van der Waals surface area (Å²) in [4.78, 5) is 41.3. The van der Waals surface area contributed by atoms with Gasteiger partial charge < -0.3 is 20.9 Å². The van der Waals surface area contributed by atoms with Crippen LogP contribution in [0.1, 0.15) is 86.3 Å². The van der Waals surface area contributed by atoms with Gasteiger partial charge in [0, 0.05) is 29.4 Å². The molecule has 0 bridgehead atoms. The Labute approximate surface area is 233 Å². The second-order valence-corrected chi connectivity index (χ2v) is 11.4. The second kappa shape index (κ2) is 10.2. The number of nitrogen functional groups attached to an aromatic ring is 2. The van der Waals surface area contributed by atoms with Gasteiger partial charge in [0.15, 0.2) is 11.6 Å². The molecule has 7 nitrogen and oxygen atoms in total. The summed E-state index contributed by atoms with van der Waals surface area (Å²) in [5, 5.41) is 0. The zero-order chi connectivity index (χ0) is 28.1. The van der Waals surface area contributed by atoms with Crippen LogP contribution >= 0.6 is 0 Å². The number of benzene rings is 3. The van der Waals surface area contributed by atoms with Gasteiger partial charge in [-0.3, -0.25) is 9.59 Å². The SMILES string of the molecule is COC1CCC2CC(OC(=O)c3c(N)c4c(c(-c5ccc(C)cc5)c3N)C(=O)c3ccccc3C4=O)CCC2C1. The maximum absolute atomic E-state index is 13.8. The molecular formula is C33H34N2O5. The Morgan fingerprint density at radius 1 is 0.750 bits per heavy atom. The fourth-order valence-electron chi connectivity index (χ4n) is 6.98. The highest BCUT2D eigenvalue weighted by atomic mass is 16.5. The number of anilines is 2. The van der Waals surface area contributed by atoms with Crippen molar-refractivity contribution >= 4 is 28.9 Å². The number of fused-ring (bicyclic) bond motifs is 3. The first kappa shape index (κ1) is 26.3. The molecule has 0 aliphatic heterocycles. The number of ketones is 2. The van der Waals surface area contributed by atoms with E-state index in [2.05, 4.69) is 0 Å². The molecule has 0 radical (unpaired) electrons. The largest absolute Gasteiger partial charge is 0.459 e. The highest BCUT2D eigenvalue weighted by Gasteiger charge is 2.40. The van der Waals surface area contributed by atoms with Crippen LogP contribution in [-0.4, -0.2) is 36.9 Å². The van der Waals surface area contributed by atoms with Crippen molar-refractivity contribution < 1.29 is 23.9 Å². The molecule has 0 spiro atoms. The van der Waals surface area contributed by atoms with Crippen molar-refractivity contribution in [3.8, 4) is 11.1 Å². The molecule has 4 N–H and O–H groups in total. The Balaban J connectivity index is 1.41. The van der Waals surface area contributed by atoms with Gasteiger partial charge in [-0.15, -0.1) is 0 Å². The number of rotatable bonds is 4. The minimum absolute atomic E-state index is 0.0158. The molecule has 7 heteroatoms. The number of ether oxygens (including phenoxy) is 2. The highest BCUT2D eigenvalue weighted by Crippen LogP contribution is 2.46. The van der Waals surface area contributed by atoms with Gasteiger partial charge in [0.05, 0.1) is 23.0 Å². The highest BCUT2D eigenvalue weighted by molar-refractivity contribution is 6.34. The van der Waals surface area contributed by atoms with Gasteiger partial charge in [-0.25, -0.2) is 4.79 Å². The molecule has 3 aromatic rings. The van der Waals surface area contributed by atoms with Gasteiger partial charge in [0.25, 0.3) is 0 Å². The molecule has 0 heterocycles. The van der Waals surface area contributed by atoms with E-state index in [0.717, 1.165) is 44.1 Å². The lowest BCUT2D eigenvalue weighted by molar-refractivity contribution is -0.0273. The lowest BCUT2D eigenvalue weighted by Crippen LogP contribution is -2.37. The van der Waals surface area contributed by atoms with Gasteiger partial charge in [-0.05, 0) is 62.8 Å². The molecule has 4 unspecified atom stereocenters. The summed E-state index contributed by atoms with van der Waals surface area (Å²) in [5.74, 6) is -0.344. The normalized spacial score (nSPS) is 23.6. The molecule has 206 valence electrons. The predicted octanol–water partition coefficient (Wildman–Crippen LogP) is 5.74. The number of carbonyl (C=O) groups excluding carboxylic acids is 3. The Bertz CT molecular complexity index is 1530. The minimum Gasteiger partial charge on any atom is -0.459 e. The molecule has 3 aliphatic carbocycles. The molecule has 0 saturated heterocycles. The van der Waals surface area contributed by atoms with E-state index in [9.17, 15) is 14.4 Å². The van der Waals surface area contributed by atoms with Gasteiger partial charge >= 0.3 is 5.97 Å². The van der Waals surface area contributed by atoms with E-state index in [1.54, 1.807) is 31.4 Å². The third-order valence-electron chi connectivity index (χ3n) is 9.12. The average molecular weight is 539 g/mol. The number of aryl methyl sites for hydroxylation is 1. The molecule has 4 atom stereocenters. The first-order valence-corrected chi connectivity index (χ1v) is 14.0. The Hall–Kier alpha value is -3.97. The number of esters is 1. The molecular weight excluding hydrogens is 504 g/mol. The van der Waals surface area contributed by atoms with Crippen LogP contribution in [0.4, 0.5) is 11.4 Å². The van der Waals surface area contributed by atoms with Crippen LogP contribution in [0.5, 0.6) is 0 Å². The zero-order valence-electron chi connectivity index (χ0n) is 22.9. The predicted molar refractivity (Wildman–Crippen MR) is 153 cm³/mol. The average Bonchev–Trinajstić information content (AvgIpc) is 2.96. The van der Waals surface area contributed by atoms with Gasteiger partial charge in [0.2, 0.25) is 0 Å². The third-order valence-corrected chi connectivity index (χ3v) is 9.12. The molecule has 6 rings (SSSR count).